The summed E-state index contributed by atoms with van der Waals surface area (Å²) < 4.78 is 10.5. The van der Waals surface area contributed by atoms with E-state index < -0.39 is 0 Å². The number of nitrogen functional groups attached to an aromatic ring is 1. The van der Waals surface area contributed by atoms with Crippen LogP contribution in [-0.2, 0) is 0 Å². The van der Waals surface area contributed by atoms with Gasteiger partial charge in [-0.3, -0.25) is 4.68 Å². The molecule has 128 valence electrons. The first-order valence-electron chi connectivity index (χ1n) is 7.65. The maximum Gasteiger partial charge on any atom is 0.263 e. The Morgan fingerprint density at radius 3 is 2.80 bits per heavy atom. The van der Waals surface area contributed by atoms with Crippen molar-refractivity contribution < 1.29 is 4.74 Å². The lowest BCUT2D eigenvalue weighted by Gasteiger charge is -2.37. The molecule has 1 saturated heterocycles. The van der Waals surface area contributed by atoms with Crippen LogP contribution in [0, 0.1) is 0 Å². The summed E-state index contributed by atoms with van der Waals surface area (Å²) in [7, 11) is 0. The standard InChI is InChI=1S/C16H15BrN6OS/c17-14-7-19-15(18)16(21-14)24-12-6-20-23(10-12)11-8-22(9-11)25-13-4-2-1-3-5-13/h1-7,10-11H,8-9H2,(H2,18,19). The highest BCUT2D eigenvalue weighted by molar-refractivity contribution is 9.10. The highest BCUT2D eigenvalue weighted by Gasteiger charge is 2.29. The topological polar surface area (TPSA) is 82.1 Å². The van der Waals surface area contributed by atoms with Crippen LogP contribution in [0.1, 0.15) is 6.04 Å². The first-order valence-corrected chi connectivity index (χ1v) is 9.22. The molecule has 2 aromatic heterocycles. The molecular weight excluding hydrogens is 404 g/mol. The Labute approximate surface area is 157 Å². The molecule has 9 heteroatoms. The molecule has 1 fully saturated rings. The molecule has 0 radical (unpaired) electrons. The number of hydrogen-bond acceptors (Lipinski definition) is 7. The molecule has 2 N–H and O–H groups in total. The van der Waals surface area contributed by atoms with Crippen molar-refractivity contribution in [2.24, 2.45) is 0 Å². The molecular formula is C16H15BrN6OS. The van der Waals surface area contributed by atoms with E-state index in [0.717, 1.165) is 13.1 Å². The second kappa shape index (κ2) is 7.03. The van der Waals surface area contributed by atoms with Crippen molar-refractivity contribution in [1.82, 2.24) is 24.1 Å². The fourth-order valence-electron chi connectivity index (χ4n) is 2.41. The van der Waals surface area contributed by atoms with Crippen molar-refractivity contribution in [1.29, 1.82) is 0 Å². The van der Waals surface area contributed by atoms with Gasteiger partial charge in [0, 0.05) is 18.0 Å². The van der Waals surface area contributed by atoms with E-state index >= 15 is 0 Å². The summed E-state index contributed by atoms with van der Waals surface area (Å²) >= 11 is 5.02. The van der Waals surface area contributed by atoms with Crippen LogP contribution in [0.15, 0.2) is 58.4 Å². The summed E-state index contributed by atoms with van der Waals surface area (Å²) in [6, 6.07) is 10.7. The fraction of sp³-hybridized carbons (Fsp3) is 0.188. The van der Waals surface area contributed by atoms with Gasteiger partial charge in [0.2, 0.25) is 0 Å². The summed E-state index contributed by atoms with van der Waals surface area (Å²) in [6.07, 6.45) is 5.05. The van der Waals surface area contributed by atoms with E-state index in [4.69, 9.17) is 10.5 Å². The SMILES string of the molecule is Nc1ncc(Br)nc1Oc1cnn(C2CN(Sc3ccccc3)C2)c1. The Kier molecular flexibility index (Phi) is 4.60. The van der Waals surface area contributed by atoms with Gasteiger partial charge in [-0.15, -0.1) is 0 Å². The fourth-order valence-corrected chi connectivity index (χ4v) is 3.74. The first kappa shape index (κ1) is 16.4. The van der Waals surface area contributed by atoms with Crippen molar-refractivity contribution >= 4 is 33.7 Å². The van der Waals surface area contributed by atoms with Gasteiger partial charge >= 0.3 is 0 Å². The minimum atomic E-state index is 0.241. The number of aromatic nitrogens is 4. The molecule has 0 bridgehead atoms. The molecule has 0 amide bonds. The summed E-state index contributed by atoms with van der Waals surface area (Å²) in [5.74, 6) is 1.10. The van der Waals surface area contributed by atoms with Gasteiger partial charge in [0.1, 0.15) is 4.60 Å². The van der Waals surface area contributed by atoms with Crippen molar-refractivity contribution in [2.75, 3.05) is 18.8 Å². The average Bonchev–Trinajstić information content (AvgIpc) is 3.03. The van der Waals surface area contributed by atoms with E-state index in [9.17, 15) is 0 Å². The van der Waals surface area contributed by atoms with E-state index in [1.54, 1.807) is 18.1 Å². The Morgan fingerprint density at radius 2 is 2.00 bits per heavy atom. The number of nitrogens with two attached hydrogens (primary N) is 1. The monoisotopic (exact) mass is 418 g/mol. The van der Waals surface area contributed by atoms with Gasteiger partial charge in [0.25, 0.3) is 5.88 Å². The van der Waals surface area contributed by atoms with Crippen LogP contribution in [0.5, 0.6) is 11.6 Å². The molecule has 1 aromatic carbocycles. The molecule has 1 aliphatic rings. The van der Waals surface area contributed by atoms with Crippen molar-refractivity contribution in [3.8, 4) is 11.6 Å². The van der Waals surface area contributed by atoms with Crippen molar-refractivity contribution in [3.05, 3.63) is 53.5 Å². The smallest absolute Gasteiger partial charge is 0.263 e. The van der Waals surface area contributed by atoms with Crippen LogP contribution in [0.3, 0.4) is 0 Å². The number of nitrogens with zero attached hydrogens (tertiary/aromatic N) is 5. The molecule has 25 heavy (non-hydrogen) atoms. The zero-order chi connectivity index (χ0) is 17.2. The minimum absolute atomic E-state index is 0.241. The van der Waals surface area contributed by atoms with Gasteiger partial charge < -0.3 is 10.5 Å². The molecule has 0 aliphatic carbocycles. The third kappa shape index (κ3) is 3.78. The number of hydrogen-bond donors (Lipinski definition) is 1. The Morgan fingerprint density at radius 1 is 1.20 bits per heavy atom. The zero-order valence-electron chi connectivity index (χ0n) is 13.1. The van der Waals surface area contributed by atoms with Gasteiger partial charge in [-0.2, -0.15) is 5.10 Å². The lowest BCUT2D eigenvalue weighted by Crippen LogP contribution is -2.43. The summed E-state index contributed by atoms with van der Waals surface area (Å²) in [5, 5.41) is 4.38. The summed E-state index contributed by atoms with van der Waals surface area (Å²) in [4.78, 5) is 9.42. The maximum absolute atomic E-state index is 5.78. The average molecular weight is 419 g/mol. The lowest BCUT2D eigenvalue weighted by molar-refractivity contribution is 0.207. The summed E-state index contributed by atoms with van der Waals surface area (Å²) in [6.45, 7) is 1.86. The van der Waals surface area contributed by atoms with E-state index in [-0.39, 0.29) is 11.7 Å². The number of rotatable bonds is 5. The Balaban J connectivity index is 1.36. The quantitative estimate of drug-likeness (QED) is 0.635. The van der Waals surface area contributed by atoms with Gasteiger partial charge in [0.15, 0.2) is 11.6 Å². The largest absolute Gasteiger partial charge is 0.433 e. The number of benzene rings is 1. The summed E-state index contributed by atoms with van der Waals surface area (Å²) in [5.41, 5.74) is 5.78. The van der Waals surface area contributed by atoms with Crippen LogP contribution in [-0.4, -0.2) is 37.1 Å². The predicted octanol–water partition coefficient (Wildman–Crippen LogP) is 3.37. The molecule has 1 aliphatic heterocycles. The highest BCUT2D eigenvalue weighted by atomic mass is 79.9. The Bertz CT molecular complexity index is 868. The second-order valence-electron chi connectivity index (χ2n) is 5.55. The second-order valence-corrected chi connectivity index (χ2v) is 7.53. The molecule has 0 atom stereocenters. The number of anilines is 1. The van der Waals surface area contributed by atoms with E-state index in [1.165, 1.54) is 11.1 Å². The van der Waals surface area contributed by atoms with Crippen LogP contribution in [0.4, 0.5) is 5.82 Å². The molecule has 4 rings (SSSR count). The van der Waals surface area contributed by atoms with E-state index in [1.807, 2.05) is 29.1 Å². The molecule has 0 spiro atoms. The predicted molar refractivity (Wildman–Crippen MR) is 99.4 cm³/mol. The minimum Gasteiger partial charge on any atom is -0.433 e. The maximum atomic E-state index is 5.78. The number of halogens is 1. The third-order valence-electron chi connectivity index (χ3n) is 3.71. The third-order valence-corrected chi connectivity index (χ3v) is 5.13. The van der Waals surface area contributed by atoms with Gasteiger partial charge in [-0.05, 0) is 40.0 Å². The van der Waals surface area contributed by atoms with Gasteiger partial charge in [-0.1, -0.05) is 18.2 Å². The van der Waals surface area contributed by atoms with Gasteiger partial charge in [-0.25, -0.2) is 14.3 Å². The van der Waals surface area contributed by atoms with Crippen LogP contribution < -0.4 is 10.5 Å². The normalized spacial score (nSPS) is 15.1. The van der Waals surface area contributed by atoms with Crippen molar-refractivity contribution in [3.63, 3.8) is 0 Å². The van der Waals surface area contributed by atoms with Crippen LogP contribution in [0.25, 0.3) is 0 Å². The molecule has 3 aromatic rings. The van der Waals surface area contributed by atoms with Gasteiger partial charge in [0.05, 0.1) is 24.6 Å². The first-order chi connectivity index (χ1) is 12.2. The lowest BCUT2D eigenvalue weighted by atomic mass is 10.2. The molecule has 7 nitrogen and oxygen atoms in total. The zero-order valence-corrected chi connectivity index (χ0v) is 15.5. The molecule has 0 saturated carbocycles. The molecule has 0 unspecified atom stereocenters. The van der Waals surface area contributed by atoms with E-state index in [2.05, 4.69) is 47.4 Å². The van der Waals surface area contributed by atoms with Crippen LogP contribution >= 0.6 is 27.9 Å². The van der Waals surface area contributed by atoms with Crippen LogP contribution in [0.2, 0.25) is 0 Å². The van der Waals surface area contributed by atoms with E-state index in [0.29, 0.717) is 16.4 Å². The number of ether oxygens (including phenoxy) is 1. The van der Waals surface area contributed by atoms with Crippen molar-refractivity contribution in [2.45, 2.75) is 10.9 Å². The molecule has 3 heterocycles. The Hall–Kier alpha value is -2.10. The highest BCUT2D eigenvalue weighted by Crippen LogP contribution is 2.33.